The van der Waals surface area contributed by atoms with Crippen LogP contribution in [0, 0.1) is 34.0 Å². The number of H-pyrrole nitrogens is 1. The molecule has 0 saturated heterocycles. The van der Waals surface area contributed by atoms with E-state index in [-0.39, 0.29) is 115 Å². The van der Waals surface area contributed by atoms with Crippen LogP contribution in [0.25, 0.3) is 38.1 Å². The number of nitrogen functional groups attached to an aromatic ring is 5. The zero-order chi connectivity index (χ0) is 64.1. The topological polar surface area (TPSA) is 611 Å². The monoisotopic (exact) mass is 1320 g/mol. The number of carbonyl (C=O) groups excluding carboxylic acids is 3. The largest absolute Gasteiger partial charge is 1.00 e. The number of anilines is 5. The molecule has 45 heteroatoms. The fourth-order valence-corrected chi connectivity index (χ4v) is 10.5. The smallest absolute Gasteiger partial charge is 0.545 e. The third-order valence-corrected chi connectivity index (χ3v) is 15.4. The minimum absolute atomic E-state index is 0. The molecule has 89 heavy (non-hydrogen) atoms. The zero-order valence-corrected chi connectivity index (χ0v) is 51.1. The van der Waals surface area contributed by atoms with Gasteiger partial charge in [-0.2, -0.15) is 78.4 Å². The number of thioether (sulfide) groups is 1. The molecule has 452 valence electrons. The van der Waals surface area contributed by atoms with E-state index >= 15 is 0 Å². The minimum atomic E-state index is -4.27. The number of esters is 2. The summed E-state index contributed by atoms with van der Waals surface area (Å²) >= 11 is 4.89. The van der Waals surface area contributed by atoms with Crippen molar-refractivity contribution in [2.45, 2.75) is 9.24 Å². The summed E-state index contributed by atoms with van der Waals surface area (Å²) in [7, 11) is -1.90. The van der Waals surface area contributed by atoms with Crippen molar-refractivity contribution in [1.29, 1.82) is 15.8 Å². The van der Waals surface area contributed by atoms with E-state index in [1.807, 2.05) is 12.1 Å². The Bertz CT molecular complexity index is 4490. The summed E-state index contributed by atoms with van der Waals surface area (Å²) < 4.78 is 51.7. The van der Waals surface area contributed by atoms with E-state index in [2.05, 4.69) is 74.5 Å². The molecule has 0 unspecified atom stereocenters. The van der Waals surface area contributed by atoms with Crippen LogP contribution in [0.5, 0.6) is 0 Å². The van der Waals surface area contributed by atoms with Crippen molar-refractivity contribution in [1.82, 2.24) is 79.0 Å². The number of ether oxygens (including phenoxy) is 2. The number of nitrogens with one attached hydrogen (secondary N) is 1. The van der Waals surface area contributed by atoms with E-state index in [1.54, 1.807) is 6.07 Å². The minimum Gasteiger partial charge on any atom is -0.545 e. The Kier molecular flexibility index (Phi) is 22.7. The first-order chi connectivity index (χ1) is 42.0. The Morgan fingerprint density at radius 3 is 1.78 bits per heavy atom. The van der Waals surface area contributed by atoms with Crippen molar-refractivity contribution < 1.29 is 96.0 Å². The van der Waals surface area contributed by atoms with E-state index in [0.29, 0.717) is 37.5 Å². The summed E-state index contributed by atoms with van der Waals surface area (Å²) in [6.07, 6.45) is 6.20. The Balaban J connectivity index is 0.000000190. The Morgan fingerprint density at radius 1 is 0.697 bits per heavy atom. The number of aromatic carboxylic acids is 2. The van der Waals surface area contributed by atoms with Gasteiger partial charge in [-0.05, 0) is 36.4 Å². The van der Waals surface area contributed by atoms with Gasteiger partial charge in [0.1, 0.15) is 75.1 Å². The number of hydrogen-bond acceptors (Lipinski definition) is 35. The summed E-state index contributed by atoms with van der Waals surface area (Å²) in [6.45, 7) is 0. The molecule has 0 fully saturated rings. The molecule has 39 nitrogen and oxygen atoms in total. The van der Waals surface area contributed by atoms with Crippen LogP contribution >= 0.6 is 46.5 Å². The molecule has 2 aromatic carbocycles. The van der Waals surface area contributed by atoms with Crippen LogP contribution in [0.4, 0.5) is 29.1 Å². The normalized spacial score (nSPS) is 10.6. The molecule has 10 aromatic rings. The summed E-state index contributed by atoms with van der Waals surface area (Å²) in [5.41, 5.74) is 28.7. The Hall–Kier alpha value is -10.4. The van der Waals surface area contributed by atoms with Gasteiger partial charge in [-0.25, -0.2) is 34.1 Å². The maximum Gasteiger partial charge on any atom is 1.00 e. The molecule has 0 bridgehead atoms. The first-order valence-corrected chi connectivity index (χ1v) is 28.0. The fraction of sp³-hybridized carbons (Fsp3) is 0.0909. The number of nitrogens with two attached hydrogens (primary N) is 5. The van der Waals surface area contributed by atoms with Gasteiger partial charge in [0.05, 0.1) is 77.5 Å². The predicted molar refractivity (Wildman–Crippen MR) is 302 cm³/mol. The van der Waals surface area contributed by atoms with Gasteiger partial charge in [0.2, 0.25) is 16.2 Å². The van der Waals surface area contributed by atoms with Crippen molar-refractivity contribution in [3.8, 4) is 46.1 Å². The van der Waals surface area contributed by atoms with Crippen molar-refractivity contribution in [3.05, 3.63) is 117 Å². The van der Waals surface area contributed by atoms with Crippen LogP contribution < -0.4 is 69.0 Å². The standard InChI is InChI=1S/C13H13N9O5.C12H8N4O4.C11H7N5O3S2.C8H8N6O3S3.Na/c1-26-9(23)5-3-16-21(7(5)14)11-18-12(20-13(25)19-11)22-8(15)6(4-17-22)10(24)27-2;13-4-8-5-15-16(10(8)14)9-2-6(11(17)18)1-7(3-9)12(19)20;12-4-6-5-14-16(10(6)13)11-15-8-2-1-7(21(17,18)19)3-9(8)20-11;9-3-5-4-11-14(6(5)10)7-12-13-8(20-7)18-1-2-19-17-16-15;/h3-4H,14-15H2,1-2H3,(H,18,19,20,25);1-3,5H,14H2,(H,17,18)(H,19,20);1-3,5H,13H2,(H,17,18,19);4,15H,1-2,10H2;/q;;;;+1/p-1. The number of aromatic amines is 1. The maximum absolute atomic E-state index is 11.9. The molecule has 0 spiro atoms. The number of thiazole rings is 1. The Morgan fingerprint density at radius 2 is 1.24 bits per heavy atom. The second kappa shape index (κ2) is 29.8. The molecule has 14 N–H and O–H groups in total. The van der Waals surface area contributed by atoms with Gasteiger partial charge in [-0.1, -0.05) is 39.5 Å². The molecular weight excluding hydrogens is 1290 g/mol. The van der Waals surface area contributed by atoms with Gasteiger partial charge >= 0.3 is 53.2 Å². The molecule has 8 aromatic heterocycles. The van der Waals surface area contributed by atoms with Crippen LogP contribution in [0.1, 0.15) is 58.1 Å². The molecule has 8 heterocycles. The van der Waals surface area contributed by atoms with Gasteiger partial charge in [-0.15, -0.1) is 14.5 Å². The van der Waals surface area contributed by atoms with Crippen molar-refractivity contribution in [3.63, 3.8) is 0 Å². The van der Waals surface area contributed by atoms with E-state index in [9.17, 15) is 37.5 Å². The second-order valence-electron chi connectivity index (χ2n) is 16.0. The molecule has 0 saturated carbocycles. The second-order valence-corrected chi connectivity index (χ2v) is 21.5. The number of aromatic nitrogens is 16. The number of rotatable bonds is 16. The number of nitriles is 3. The number of fused-ring (bicyclic) bond motifs is 1. The van der Waals surface area contributed by atoms with E-state index in [1.165, 1.54) is 89.5 Å². The quantitative estimate of drug-likeness (QED) is 0.00689. The Labute approximate surface area is 533 Å². The third kappa shape index (κ3) is 15.8. The number of carboxylic acids is 2. The van der Waals surface area contributed by atoms with Crippen molar-refractivity contribution in [2.24, 2.45) is 0 Å². The molecule has 0 amide bonds. The van der Waals surface area contributed by atoms with E-state index in [4.69, 9.17) is 59.4 Å². The van der Waals surface area contributed by atoms with Crippen LogP contribution in [0.15, 0.2) is 81.4 Å². The van der Waals surface area contributed by atoms with Crippen molar-refractivity contribution >= 4 is 120 Å². The third-order valence-electron chi connectivity index (χ3n) is 10.7. The number of carboxylic acid groups (broad SMARTS) is 2. The first-order valence-electron chi connectivity index (χ1n) is 23.1. The molecule has 0 radical (unpaired) electrons. The average molecular weight is 1320 g/mol. The van der Waals surface area contributed by atoms with Crippen LogP contribution in [0.3, 0.4) is 0 Å². The number of nitrogens with zero attached hydrogens (tertiary/aromatic N) is 18. The SMILES string of the molecule is COC(=O)c1cnn(-c2nc(-n3ncc(C(=O)OC)c3N)[nH]c(=O)n2)c1N.N#Cc1cnn(-c2cc(C(=O)[O-])cc(C(=O)O)c2)c1N.N#Cc1cnn(-c2nc3ccc(S(=O)(=O)O)cc3s2)c1N.N#Cc1cnn(-c2nnc(SCCSOOO)s2)c1N.[Na+]. The number of carbonyl (C=O) groups is 4. The van der Waals surface area contributed by atoms with Gasteiger partial charge in [0, 0.05) is 29.1 Å². The molecule has 0 aliphatic rings. The first kappa shape index (κ1) is 67.7. The molecular formula is C44H35N24NaO15S5. The van der Waals surface area contributed by atoms with Gasteiger partial charge in [0.25, 0.3) is 16.1 Å². The van der Waals surface area contributed by atoms with E-state index in [0.717, 1.165) is 66.3 Å². The van der Waals surface area contributed by atoms with E-state index < -0.39 is 39.7 Å². The summed E-state index contributed by atoms with van der Waals surface area (Å²) in [6, 6.07) is 13.0. The number of methoxy groups -OCH3 is 2. The summed E-state index contributed by atoms with van der Waals surface area (Å²) in [5, 5.41) is 86.1. The summed E-state index contributed by atoms with van der Waals surface area (Å²) in [5.74, 6) is -3.26. The molecule has 0 aliphatic heterocycles. The zero-order valence-electron chi connectivity index (χ0n) is 45.0. The van der Waals surface area contributed by atoms with Gasteiger partial charge < -0.3 is 53.1 Å². The molecule has 0 aliphatic carbocycles. The number of benzene rings is 2. The number of hydrogen-bond donors (Lipinski definition) is 9. The van der Waals surface area contributed by atoms with Crippen molar-refractivity contribution in [2.75, 3.05) is 54.4 Å². The van der Waals surface area contributed by atoms with Crippen LogP contribution in [-0.2, 0) is 29.0 Å². The fourth-order valence-electron chi connectivity index (χ4n) is 6.66. The maximum atomic E-state index is 11.9. The molecule has 10 rings (SSSR count). The van der Waals surface area contributed by atoms with Crippen LogP contribution in [-0.4, -0.2) is 152 Å². The summed E-state index contributed by atoms with van der Waals surface area (Å²) in [4.78, 5) is 71.2. The van der Waals surface area contributed by atoms with Crippen LogP contribution in [0.2, 0.25) is 0 Å². The van der Waals surface area contributed by atoms with Gasteiger partial charge in [0.15, 0.2) is 4.34 Å². The average Bonchev–Trinajstić information content (AvgIpc) is 2.05. The predicted octanol–water partition coefficient (Wildman–Crippen LogP) is -2.81. The molecule has 0 atom stereocenters. The van der Waals surface area contributed by atoms with Gasteiger partial charge in [-0.3, -0.25) is 9.54 Å².